The van der Waals surface area contributed by atoms with Gasteiger partial charge in [0.15, 0.2) is 5.82 Å². The maximum absolute atomic E-state index is 13.9. The second-order valence-corrected chi connectivity index (χ2v) is 10.5. The molecule has 0 amide bonds. The van der Waals surface area contributed by atoms with E-state index >= 15 is 0 Å². The number of hydrogen-bond acceptors (Lipinski definition) is 6. The van der Waals surface area contributed by atoms with Gasteiger partial charge in [-0.3, -0.25) is 18.9 Å². The lowest BCUT2D eigenvalue weighted by atomic mass is 9.96. The molecule has 6 rings (SSSR count). The van der Waals surface area contributed by atoms with Gasteiger partial charge in [-0.25, -0.2) is 9.78 Å². The van der Waals surface area contributed by atoms with Gasteiger partial charge in [-0.05, 0) is 74.6 Å². The molecule has 8 nitrogen and oxygen atoms in total. The third-order valence-electron chi connectivity index (χ3n) is 7.08. The number of nitrogens with zero attached hydrogens (tertiary/aromatic N) is 3. The summed E-state index contributed by atoms with van der Waals surface area (Å²) in [4.78, 5) is 33.0. The number of aryl methyl sites for hydroxylation is 1. The van der Waals surface area contributed by atoms with Gasteiger partial charge in [-0.2, -0.15) is 0 Å². The second kappa shape index (κ2) is 10.4. The first-order valence-corrected chi connectivity index (χ1v) is 13.5. The number of H-pyrrole nitrogens is 1. The zero-order valence-corrected chi connectivity index (χ0v) is 22.7. The number of nitrogens with one attached hydrogen (secondary N) is 1. The molecule has 0 saturated heterocycles. The maximum atomic E-state index is 13.9. The average Bonchev–Trinajstić information content (AvgIpc) is 3.71. The third kappa shape index (κ3) is 5.12. The third-order valence-corrected chi connectivity index (χ3v) is 7.08. The van der Waals surface area contributed by atoms with Gasteiger partial charge in [0.25, 0.3) is 5.56 Å². The Hall–Kier alpha value is -4.72. The van der Waals surface area contributed by atoms with Gasteiger partial charge in [0.05, 0.1) is 17.5 Å². The van der Waals surface area contributed by atoms with Crippen LogP contribution >= 0.6 is 0 Å². The van der Waals surface area contributed by atoms with Crippen LogP contribution in [0.15, 0.2) is 86.9 Å². The molecule has 1 N–H and O–H groups in total. The topological polar surface area (TPSA) is 103 Å². The lowest BCUT2D eigenvalue weighted by Crippen LogP contribution is -2.28. The van der Waals surface area contributed by atoms with E-state index in [4.69, 9.17) is 14.2 Å². The molecule has 0 radical (unpaired) electrons. The molecule has 1 fully saturated rings. The van der Waals surface area contributed by atoms with E-state index in [1.807, 2.05) is 93.6 Å². The van der Waals surface area contributed by atoms with Gasteiger partial charge >= 0.3 is 5.76 Å². The van der Waals surface area contributed by atoms with Crippen LogP contribution in [0.2, 0.25) is 0 Å². The van der Waals surface area contributed by atoms with Crippen molar-refractivity contribution in [1.82, 2.24) is 19.7 Å². The van der Waals surface area contributed by atoms with Crippen molar-refractivity contribution in [1.29, 1.82) is 0 Å². The summed E-state index contributed by atoms with van der Waals surface area (Å²) in [6.07, 6.45) is 2.69. The number of aromatic amines is 1. The first kappa shape index (κ1) is 25.6. The summed E-state index contributed by atoms with van der Waals surface area (Å²) in [7, 11) is 0. The van der Waals surface area contributed by atoms with E-state index in [1.165, 1.54) is 0 Å². The van der Waals surface area contributed by atoms with Crippen molar-refractivity contribution in [2.75, 3.05) is 0 Å². The standard InChI is InChI=1S/C32H30N4O4/c1-19(2)39-25-16-14-24(15-17-25)36-20(3)33-29(23-12-13-23)28(31(36)37)18-21-8-10-22(11-9-21)26-6-4-5-7-27(26)30-34-32(38)40-35-30/h4-11,14-17,19,23H,12-13,18H2,1-3H3,(H,34,35,38). The molecule has 0 bridgehead atoms. The number of hydrogen-bond donors (Lipinski definition) is 1. The Morgan fingerprint density at radius 2 is 1.68 bits per heavy atom. The predicted molar refractivity (Wildman–Crippen MR) is 153 cm³/mol. The van der Waals surface area contributed by atoms with E-state index in [0.717, 1.165) is 57.8 Å². The number of rotatable bonds is 8. The Morgan fingerprint density at radius 1 is 0.975 bits per heavy atom. The van der Waals surface area contributed by atoms with Crippen LogP contribution in [0, 0.1) is 6.92 Å². The Labute approximate surface area is 231 Å². The van der Waals surface area contributed by atoms with E-state index in [9.17, 15) is 9.59 Å². The van der Waals surface area contributed by atoms with Crippen LogP contribution in [-0.4, -0.2) is 25.8 Å². The van der Waals surface area contributed by atoms with Gasteiger partial charge in [0.1, 0.15) is 11.6 Å². The Balaban J connectivity index is 1.34. The first-order valence-electron chi connectivity index (χ1n) is 13.5. The van der Waals surface area contributed by atoms with Gasteiger partial charge in [0.2, 0.25) is 0 Å². The molecular weight excluding hydrogens is 504 g/mol. The lowest BCUT2D eigenvalue weighted by Gasteiger charge is -2.16. The molecule has 8 heteroatoms. The molecule has 1 aliphatic carbocycles. The Bertz CT molecular complexity index is 1780. The van der Waals surface area contributed by atoms with Crippen molar-refractivity contribution in [2.45, 2.75) is 52.1 Å². The first-order chi connectivity index (χ1) is 19.4. The lowest BCUT2D eigenvalue weighted by molar-refractivity contribution is 0.242. The highest BCUT2D eigenvalue weighted by atomic mass is 16.5. The fraction of sp³-hybridized carbons (Fsp3) is 0.250. The average molecular weight is 535 g/mol. The minimum atomic E-state index is -0.594. The minimum absolute atomic E-state index is 0.0312. The second-order valence-electron chi connectivity index (χ2n) is 10.5. The highest BCUT2D eigenvalue weighted by molar-refractivity contribution is 5.80. The Morgan fingerprint density at radius 3 is 2.30 bits per heavy atom. The highest BCUT2D eigenvalue weighted by Gasteiger charge is 2.30. The van der Waals surface area contributed by atoms with Crippen LogP contribution in [-0.2, 0) is 6.42 Å². The molecule has 3 aromatic carbocycles. The van der Waals surface area contributed by atoms with Crippen molar-refractivity contribution < 1.29 is 9.26 Å². The monoisotopic (exact) mass is 534 g/mol. The highest BCUT2D eigenvalue weighted by Crippen LogP contribution is 2.40. The van der Waals surface area contributed by atoms with E-state index in [1.54, 1.807) is 4.57 Å². The van der Waals surface area contributed by atoms with Crippen molar-refractivity contribution in [2.24, 2.45) is 0 Å². The molecule has 0 unspecified atom stereocenters. The maximum Gasteiger partial charge on any atom is 0.439 e. The normalized spacial score (nSPS) is 13.1. The molecular formula is C32H30N4O4. The van der Waals surface area contributed by atoms with Gasteiger partial charge < -0.3 is 4.74 Å². The van der Waals surface area contributed by atoms with E-state index < -0.39 is 5.76 Å². The Kier molecular flexibility index (Phi) is 6.67. The molecule has 0 spiro atoms. The van der Waals surface area contributed by atoms with Gasteiger partial charge in [-0.15, -0.1) is 0 Å². The summed E-state index contributed by atoms with van der Waals surface area (Å²) in [6, 6.07) is 23.4. The molecule has 40 heavy (non-hydrogen) atoms. The van der Waals surface area contributed by atoms with E-state index in [0.29, 0.717) is 24.0 Å². The van der Waals surface area contributed by atoms with Crippen LogP contribution in [0.3, 0.4) is 0 Å². The van der Waals surface area contributed by atoms with Crippen LogP contribution < -0.4 is 16.1 Å². The fourth-order valence-electron chi connectivity index (χ4n) is 5.09. The van der Waals surface area contributed by atoms with E-state index in [2.05, 4.69) is 10.1 Å². The van der Waals surface area contributed by atoms with Crippen LogP contribution in [0.5, 0.6) is 5.75 Å². The number of aromatic nitrogens is 4. The van der Waals surface area contributed by atoms with Crippen LogP contribution in [0.4, 0.5) is 0 Å². The zero-order valence-electron chi connectivity index (χ0n) is 22.7. The predicted octanol–water partition coefficient (Wildman–Crippen LogP) is 5.81. The fourth-order valence-corrected chi connectivity index (χ4v) is 5.09. The SMILES string of the molecule is Cc1nc(C2CC2)c(Cc2ccc(-c3ccccc3-c3noc(=O)[nH]3)cc2)c(=O)n1-c1ccc(OC(C)C)cc1. The minimum Gasteiger partial charge on any atom is -0.491 e. The molecule has 1 aliphatic rings. The van der Waals surface area contributed by atoms with Gasteiger partial charge in [-0.1, -0.05) is 53.7 Å². The summed E-state index contributed by atoms with van der Waals surface area (Å²) in [5.41, 5.74) is 6.08. The van der Waals surface area contributed by atoms with Gasteiger partial charge in [0, 0.05) is 23.5 Å². The molecule has 0 atom stereocenters. The molecule has 1 saturated carbocycles. The molecule has 202 valence electrons. The molecule has 5 aromatic rings. The van der Waals surface area contributed by atoms with E-state index in [-0.39, 0.29) is 11.7 Å². The number of benzene rings is 3. The quantitative estimate of drug-likeness (QED) is 0.270. The smallest absolute Gasteiger partial charge is 0.439 e. The number of ether oxygens (including phenoxy) is 1. The largest absolute Gasteiger partial charge is 0.491 e. The summed E-state index contributed by atoms with van der Waals surface area (Å²) >= 11 is 0. The summed E-state index contributed by atoms with van der Waals surface area (Å²) in [5.74, 6) is 1.58. The van der Waals surface area contributed by atoms with Crippen molar-refractivity contribution in [3.63, 3.8) is 0 Å². The van der Waals surface area contributed by atoms with Crippen molar-refractivity contribution in [3.05, 3.63) is 116 Å². The molecule has 0 aliphatic heterocycles. The zero-order chi connectivity index (χ0) is 27.8. The van der Waals surface area contributed by atoms with Crippen LogP contribution in [0.1, 0.15) is 55.3 Å². The van der Waals surface area contributed by atoms with Crippen molar-refractivity contribution in [3.8, 4) is 34.0 Å². The summed E-state index contributed by atoms with van der Waals surface area (Å²) in [6.45, 7) is 5.86. The van der Waals surface area contributed by atoms with Crippen molar-refractivity contribution >= 4 is 0 Å². The summed E-state index contributed by atoms with van der Waals surface area (Å²) in [5, 5.41) is 3.85. The summed E-state index contributed by atoms with van der Waals surface area (Å²) < 4.78 is 12.2. The van der Waals surface area contributed by atoms with Crippen LogP contribution in [0.25, 0.3) is 28.2 Å². The molecule has 2 heterocycles. The molecule has 2 aromatic heterocycles.